The molecule has 0 aromatic carbocycles. The molecule has 2 fully saturated rings. The van der Waals surface area contributed by atoms with E-state index in [1.54, 1.807) is 0 Å². The molecule has 0 N–H and O–H groups in total. The van der Waals surface area contributed by atoms with Gasteiger partial charge in [0.2, 0.25) is 0 Å². The predicted octanol–water partition coefficient (Wildman–Crippen LogP) is 2.96. The standard InChI is InChI=1S/C16H26N2O/c1-12-8-16(19-14(12)3)11-17-9-15(10-17)18-7-5-4-6-13(18)2/h8,13,15H,4-7,9-11H2,1-3H3/t13-/m1/s1. The summed E-state index contributed by atoms with van der Waals surface area (Å²) in [6.07, 6.45) is 4.18. The summed E-state index contributed by atoms with van der Waals surface area (Å²) in [6, 6.07) is 3.76. The summed E-state index contributed by atoms with van der Waals surface area (Å²) in [5.74, 6) is 2.19. The third-order valence-electron chi connectivity index (χ3n) is 4.86. The van der Waals surface area contributed by atoms with Gasteiger partial charge in [0.15, 0.2) is 0 Å². The van der Waals surface area contributed by atoms with Crippen LogP contribution in [0.1, 0.15) is 43.3 Å². The van der Waals surface area contributed by atoms with Crippen molar-refractivity contribution < 1.29 is 4.42 Å². The van der Waals surface area contributed by atoms with Crippen LogP contribution in [0.25, 0.3) is 0 Å². The van der Waals surface area contributed by atoms with E-state index in [-0.39, 0.29) is 0 Å². The van der Waals surface area contributed by atoms with Crippen molar-refractivity contribution in [1.29, 1.82) is 0 Å². The highest BCUT2D eigenvalue weighted by atomic mass is 16.3. The molecule has 0 bridgehead atoms. The van der Waals surface area contributed by atoms with Gasteiger partial charge in [0.05, 0.1) is 6.54 Å². The van der Waals surface area contributed by atoms with Crippen molar-refractivity contribution in [3.63, 3.8) is 0 Å². The van der Waals surface area contributed by atoms with Gasteiger partial charge in [-0.2, -0.15) is 0 Å². The van der Waals surface area contributed by atoms with E-state index in [9.17, 15) is 0 Å². The van der Waals surface area contributed by atoms with E-state index in [0.29, 0.717) is 0 Å². The Labute approximate surface area is 116 Å². The second kappa shape index (κ2) is 5.29. The molecule has 106 valence electrons. The summed E-state index contributed by atoms with van der Waals surface area (Å²) in [4.78, 5) is 5.22. The summed E-state index contributed by atoms with van der Waals surface area (Å²) in [6.45, 7) is 11.3. The first-order chi connectivity index (χ1) is 9.13. The topological polar surface area (TPSA) is 19.6 Å². The van der Waals surface area contributed by atoms with Crippen molar-refractivity contribution in [1.82, 2.24) is 9.80 Å². The Hall–Kier alpha value is -0.800. The van der Waals surface area contributed by atoms with Crippen LogP contribution in [-0.4, -0.2) is 41.5 Å². The second-order valence-corrected chi connectivity index (χ2v) is 6.38. The normalized spacial score (nSPS) is 26.6. The van der Waals surface area contributed by atoms with Gasteiger partial charge in [-0.25, -0.2) is 0 Å². The number of furan rings is 1. The lowest BCUT2D eigenvalue weighted by Crippen LogP contribution is -2.61. The average molecular weight is 262 g/mol. The molecule has 0 amide bonds. The molecule has 2 aliphatic heterocycles. The fourth-order valence-electron chi connectivity index (χ4n) is 3.49. The van der Waals surface area contributed by atoms with E-state index in [1.807, 2.05) is 6.92 Å². The Morgan fingerprint density at radius 3 is 2.68 bits per heavy atom. The quantitative estimate of drug-likeness (QED) is 0.835. The molecule has 1 aromatic heterocycles. The highest BCUT2D eigenvalue weighted by molar-refractivity contribution is 5.18. The van der Waals surface area contributed by atoms with Gasteiger partial charge < -0.3 is 4.42 Å². The van der Waals surface area contributed by atoms with Gasteiger partial charge >= 0.3 is 0 Å². The number of likely N-dealkylation sites (tertiary alicyclic amines) is 2. The number of rotatable bonds is 3. The summed E-state index contributed by atoms with van der Waals surface area (Å²) >= 11 is 0. The highest BCUT2D eigenvalue weighted by Crippen LogP contribution is 2.26. The second-order valence-electron chi connectivity index (χ2n) is 6.38. The van der Waals surface area contributed by atoms with Crippen LogP contribution >= 0.6 is 0 Å². The van der Waals surface area contributed by atoms with Gasteiger partial charge in [-0.05, 0) is 51.8 Å². The minimum Gasteiger partial charge on any atom is -0.465 e. The zero-order valence-corrected chi connectivity index (χ0v) is 12.5. The first-order valence-electron chi connectivity index (χ1n) is 7.67. The molecular weight excluding hydrogens is 236 g/mol. The van der Waals surface area contributed by atoms with Crippen LogP contribution in [0.2, 0.25) is 0 Å². The first kappa shape index (κ1) is 13.2. The van der Waals surface area contributed by atoms with E-state index in [2.05, 4.69) is 29.7 Å². The van der Waals surface area contributed by atoms with E-state index < -0.39 is 0 Å². The molecule has 3 rings (SSSR count). The number of hydrogen-bond acceptors (Lipinski definition) is 3. The lowest BCUT2D eigenvalue weighted by molar-refractivity contribution is -0.00899. The van der Waals surface area contributed by atoms with Crippen LogP contribution in [0.3, 0.4) is 0 Å². The SMILES string of the molecule is Cc1cc(CN2CC(N3CCCC[C@H]3C)C2)oc1C. The maximum absolute atomic E-state index is 5.77. The minimum atomic E-state index is 0.785. The van der Waals surface area contributed by atoms with Crippen LogP contribution in [-0.2, 0) is 6.54 Å². The van der Waals surface area contributed by atoms with Crippen LogP contribution in [0.5, 0.6) is 0 Å². The van der Waals surface area contributed by atoms with Crippen LogP contribution in [0.4, 0.5) is 0 Å². The molecule has 1 atom stereocenters. The van der Waals surface area contributed by atoms with Crippen molar-refractivity contribution in [2.45, 2.75) is 58.7 Å². The van der Waals surface area contributed by atoms with Crippen LogP contribution in [0.15, 0.2) is 10.5 Å². The van der Waals surface area contributed by atoms with Gasteiger partial charge in [0.25, 0.3) is 0 Å². The molecule has 0 spiro atoms. The lowest BCUT2D eigenvalue weighted by atomic mass is 9.97. The fourth-order valence-corrected chi connectivity index (χ4v) is 3.49. The molecule has 3 heterocycles. The predicted molar refractivity (Wildman–Crippen MR) is 77.3 cm³/mol. The summed E-state index contributed by atoms with van der Waals surface area (Å²) in [7, 11) is 0. The van der Waals surface area contributed by atoms with E-state index in [0.717, 1.165) is 30.1 Å². The summed E-state index contributed by atoms with van der Waals surface area (Å²) < 4.78 is 5.77. The Kier molecular flexibility index (Phi) is 3.68. The Morgan fingerprint density at radius 2 is 2.05 bits per heavy atom. The Bertz CT molecular complexity index is 414. The van der Waals surface area contributed by atoms with Gasteiger partial charge in [-0.3, -0.25) is 9.80 Å². The number of hydrogen-bond donors (Lipinski definition) is 0. The van der Waals surface area contributed by atoms with Gasteiger partial charge in [-0.1, -0.05) is 6.42 Å². The first-order valence-corrected chi connectivity index (χ1v) is 7.67. The summed E-state index contributed by atoms with van der Waals surface area (Å²) in [5.41, 5.74) is 1.27. The van der Waals surface area contributed by atoms with Crippen molar-refractivity contribution in [3.8, 4) is 0 Å². The molecule has 3 nitrogen and oxygen atoms in total. The van der Waals surface area contributed by atoms with Crippen molar-refractivity contribution >= 4 is 0 Å². The van der Waals surface area contributed by atoms with E-state index in [1.165, 1.54) is 44.5 Å². The molecule has 2 aliphatic rings. The molecular formula is C16H26N2O. The van der Waals surface area contributed by atoms with Crippen molar-refractivity contribution in [2.75, 3.05) is 19.6 Å². The molecule has 2 saturated heterocycles. The smallest absolute Gasteiger partial charge is 0.118 e. The maximum atomic E-state index is 5.77. The van der Waals surface area contributed by atoms with Crippen LogP contribution < -0.4 is 0 Å². The number of nitrogens with zero attached hydrogens (tertiary/aromatic N) is 2. The van der Waals surface area contributed by atoms with Crippen molar-refractivity contribution in [3.05, 3.63) is 23.2 Å². The molecule has 0 radical (unpaired) electrons. The molecule has 0 unspecified atom stereocenters. The third-order valence-corrected chi connectivity index (χ3v) is 4.86. The van der Waals surface area contributed by atoms with Crippen LogP contribution in [0, 0.1) is 13.8 Å². The fraction of sp³-hybridized carbons (Fsp3) is 0.750. The zero-order chi connectivity index (χ0) is 13.4. The monoisotopic (exact) mass is 262 g/mol. The average Bonchev–Trinajstić information content (AvgIpc) is 2.64. The van der Waals surface area contributed by atoms with Gasteiger partial charge in [0.1, 0.15) is 11.5 Å². The van der Waals surface area contributed by atoms with E-state index in [4.69, 9.17) is 4.42 Å². The molecule has 0 aliphatic carbocycles. The number of aryl methyl sites for hydroxylation is 2. The van der Waals surface area contributed by atoms with Crippen molar-refractivity contribution in [2.24, 2.45) is 0 Å². The van der Waals surface area contributed by atoms with E-state index >= 15 is 0 Å². The minimum absolute atomic E-state index is 0.785. The maximum Gasteiger partial charge on any atom is 0.118 e. The molecule has 19 heavy (non-hydrogen) atoms. The summed E-state index contributed by atoms with van der Waals surface area (Å²) in [5, 5.41) is 0. The molecule has 0 saturated carbocycles. The number of piperidine rings is 1. The molecule has 1 aromatic rings. The third kappa shape index (κ3) is 2.72. The van der Waals surface area contributed by atoms with Gasteiger partial charge in [0, 0.05) is 25.2 Å². The van der Waals surface area contributed by atoms with Gasteiger partial charge in [-0.15, -0.1) is 0 Å². The molecule has 3 heteroatoms. The lowest BCUT2D eigenvalue weighted by Gasteiger charge is -2.49. The zero-order valence-electron chi connectivity index (χ0n) is 12.5. The highest BCUT2D eigenvalue weighted by Gasteiger charge is 2.35. The largest absolute Gasteiger partial charge is 0.465 e. The Balaban J connectivity index is 1.49. The Morgan fingerprint density at radius 1 is 1.26 bits per heavy atom.